The number of carbonyl (C=O) groups is 1. The van der Waals surface area contributed by atoms with Crippen LogP contribution in [0.15, 0.2) is 12.7 Å². The molecule has 116 valence electrons. The van der Waals surface area contributed by atoms with Crippen molar-refractivity contribution in [3.8, 4) is 5.75 Å². The number of carbonyl (C=O) groups excluding carboxylic acids is 1. The summed E-state index contributed by atoms with van der Waals surface area (Å²) < 4.78 is 5.27. The Morgan fingerprint density at radius 1 is 1.57 bits per heavy atom. The number of nitrogens with zero attached hydrogens (tertiary/aromatic N) is 1. The first-order valence-electron chi connectivity index (χ1n) is 6.46. The topological polar surface area (TPSA) is 108 Å². The van der Waals surface area contributed by atoms with E-state index in [1.165, 1.54) is 18.4 Å². The van der Waals surface area contributed by atoms with Crippen LogP contribution in [0.2, 0.25) is 0 Å². The summed E-state index contributed by atoms with van der Waals surface area (Å²) in [6.07, 6.45) is -0.0697. The van der Waals surface area contributed by atoms with Crippen LogP contribution in [0, 0.1) is 0 Å². The fraction of sp³-hybridized carbons (Fsp3) is 0.462. The molecule has 2 heterocycles. The van der Waals surface area contributed by atoms with Crippen molar-refractivity contribution in [2.75, 3.05) is 37.4 Å². The molecule has 1 fully saturated rings. The molecular weight excluding hydrogens is 294 g/mol. The Balaban J connectivity index is 2.30. The van der Waals surface area contributed by atoms with Crippen LogP contribution in [-0.4, -0.2) is 55.1 Å². The van der Waals surface area contributed by atoms with Crippen molar-refractivity contribution in [1.29, 1.82) is 0 Å². The molecule has 0 bridgehead atoms. The highest BCUT2D eigenvalue weighted by Gasteiger charge is 2.34. The van der Waals surface area contributed by atoms with Gasteiger partial charge in [0, 0.05) is 19.6 Å². The van der Waals surface area contributed by atoms with Gasteiger partial charge in [-0.15, -0.1) is 17.9 Å². The molecule has 8 heteroatoms. The van der Waals surface area contributed by atoms with Gasteiger partial charge in [-0.2, -0.15) is 0 Å². The number of methoxy groups -OCH3 is 1. The number of aliphatic hydroxyl groups is 2. The van der Waals surface area contributed by atoms with Crippen molar-refractivity contribution in [2.24, 2.45) is 0 Å². The maximum atomic E-state index is 12.0. The Morgan fingerprint density at radius 3 is 2.71 bits per heavy atom. The van der Waals surface area contributed by atoms with Gasteiger partial charge >= 0.3 is 0 Å². The van der Waals surface area contributed by atoms with Gasteiger partial charge in [-0.3, -0.25) is 4.79 Å². The van der Waals surface area contributed by atoms with Gasteiger partial charge in [0.15, 0.2) is 5.75 Å². The van der Waals surface area contributed by atoms with Crippen molar-refractivity contribution in [3.05, 3.63) is 17.5 Å². The molecule has 5 N–H and O–H groups in total. The van der Waals surface area contributed by atoms with E-state index in [0.717, 1.165) is 0 Å². The van der Waals surface area contributed by atoms with Gasteiger partial charge in [0.2, 0.25) is 0 Å². The lowest BCUT2D eigenvalue weighted by molar-refractivity contribution is 0.0572. The van der Waals surface area contributed by atoms with E-state index < -0.39 is 12.2 Å². The number of rotatable bonds is 5. The molecule has 0 spiro atoms. The van der Waals surface area contributed by atoms with Crippen LogP contribution < -0.4 is 20.7 Å². The van der Waals surface area contributed by atoms with Crippen molar-refractivity contribution in [3.63, 3.8) is 0 Å². The molecule has 2 atom stereocenters. The zero-order valence-electron chi connectivity index (χ0n) is 11.7. The van der Waals surface area contributed by atoms with Crippen molar-refractivity contribution < 1.29 is 19.7 Å². The maximum Gasteiger partial charge on any atom is 0.263 e. The van der Waals surface area contributed by atoms with Crippen LogP contribution in [0.3, 0.4) is 0 Å². The molecule has 0 radical (unpaired) electrons. The normalized spacial score (nSPS) is 21.4. The van der Waals surface area contributed by atoms with Crippen LogP contribution in [0.25, 0.3) is 0 Å². The van der Waals surface area contributed by atoms with Crippen LogP contribution in [0.5, 0.6) is 5.75 Å². The van der Waals surface area contributed by atoms with E-state index in [-0.39, 0.29) is 24.7 Å². The van der Waals surface area contributed by atoms with Crippen molar-refractivity contribution >= 4 is 27.9 Å². The minimum atomic E-state index is -0.823. The number of hydrogen-bond donors (Lipinski definition) is 4. The zero-order chi connectivity index (χ0) is 15.6. The first-order chi connectivity index (χ1) is 9.99. The van der Waals surface area contributed by atoms with E-state index in [9.17, 15) is 15.0 Å². The minimum Gasteiger partial charge on any atom is -0.492 e. The minimum absolute atomic E-state index is 0.259. The summed E-state index contributed by atoms with van der Waals surface area (Å²) in [5.41, 5.74) is 6.23. The lowest BCUT2D eigenvalue weighted by atomic mass is 10.3. The van der Waals surface area contributed by atoms with E-state index in [1.807, 2.05) is 0 Å². The smallest absolute Gasteiger partial charge is 0.263 e. The largest absolute Gasteiger partial charge is 0.492 e. The van der Waals surface area contributed by atoms with E-state index in [0.29, 0.717) is 22.2 Å². The van der Waals surface area contributed by atoms with Gasteiger partial charge in [-0.25, -0.2) is 0 Å². The highest BCUT2D eigenvalue weighted by Crippen LogP contribution is 2.45. The summed E-state index contributed by atoms with van der Waals surface area (Å²) in [5, 5.41) is 22.6. The molecule has 1 aliphatic rings. The standard InChI is InChI=1S/C13H19N3O4S/c1-3-4-15-12(19)11-9(14)10(20-2)13(21-11)16-5-7(17)8(18)6-16/h3,7-8,17-18H,1,4-6,14H2,2H3,(H,15,19). The Hall–Kier alpha value is -1.77. The third kappa shape index (κ3) is 2.97. The summed E-state index contributed by atoms with van der Waals surface area (Å²) in [6.45, 7) is 4.42. The monoisotopic (exact) mass is 313 g/mol. The summed E-state index contributed by atoms with van der Waals surface area (Å²) in [6, 6.07) is 0. The van der Waals surface area contributed by atoms with Crippen LogP contribution in [0.4, 0.5) is 10.7 Å². The number of amides is 1. The maximum absolute atomic E-state index is 12.0. The highest BCUT2D eigenvalue weighted by molar-refractivity contribution is 7.19. The van der Waals surface area contributed by atoms with Crippen molar-refractivity contribution in [2.45, 2.75) is 12.2 Å². The van der Waals surface area contributed by atoms with Gasteiger partial charge in [-0.1, -0.05) is 6.08 Å². The number of ether oxygens (including phenoxy) is 1. The van der Waals surface area contributed by atoms with Gasteiger partial charge in [0.1, 0.15) is 15.6 Å². The molecule has 7 nitrogen and oxygen atoms in total. The Morgan fingerprint density at radius 2 is 2.19 bits per heavy atom. The van der Waals surface area contributed by atoms with E-state index in [4.69, 9.17) is 10.5 Å². The Bertz CT molecular complexity index is 536. The van der Waals surface area contributed by atoms with Gasteiger partial charge in [0.05, 0.1) is 19.3 Å². The fourth-order valence-electron chi connectivity index (χ4n) is 2.17. The number of hydrogen-bond acceptors (Lipinski definition) is 7. The molecule has 21 heavy (non-hydrogen) atoms. The van der Waals surface area contributed by atoms with Crippen LogP contribution in [-0.2, 0) is 0 Å². The fourth-order valence-corrected chi connectivity index (χ4v) is 3.30. The summed E-state index contributed by atoms with van der Waals surface area (Å²) in [4.78, 5) is 14.2. The van der Waals surface area contributed by atoms with E-state index in [2.05, 4.69) is 11.9 Å². The molecule has 0 aromatic carbocycles. The Kier molecular flexibility index (Phi) is 4.71. The van der Waals surface area contributed by atoms with E-state index >= 15 is 0 Å². The molecule has 1 saturated heterocycles. The molecule has 1 aromatic rings. The van der Waals surface area contributed by atoms with Crippen LogP contribution in [0.1, 0.15) is 9.67 Å². The lowest BCUT2D eigenvalue weighted by Crippen LogP contribution is -2.23. The highest BCUT2D eigenvalue weighted by atomic mass is 32.1. The van der Waals surface area contributed by atoms with Crippen molar-refractivity contribution in [1.82, 2.24) is 5.32 Å². The molecule has 1 aliphatic heterocycles. The summed E-state index contributed by atoms with van der Waals surface area (Å²) in [7, 11) is 1.47. The number of nitrogen functional groups attached to an aromatic ring is 1. The van der Waals surface area contributed by atoms with Gasteiger partial charge in [0.25, 0.3) is 5.91 Å². The average Bonchev–Trinajstić information content (AvgIpc) is 2.96. The molecule has 0 saturated carbocycles. The quantitative estimate of drug-likeness (QED) is 0.561. The van der Waals surface area contributed by atoms with Gasteiger partial charge in [-0.05, 0) is 0 Å². The number of thiophene rings is 1. The second kappa shape index (κ2) is 6.33. The van der Waals surface area contributed by atoms with E-state index in [1.54, 1.807) is 11.0 Å². The molecule has 2 rings (SSSR count). The molecule has 2 unspecified atom stereocenters. The number of aliphatic hydroxyl groups excluding tert-OH is 2. The molecule has 1 amide bonds. The molecular formula is C13H19N3O4S. The predicted molar refractivity (Wildman–Crippen MR) is 82.0 cm³/mol. The first kappa shape index (κ1) is 15.6. The Labute approximate surface area is 126 Å². The molecule has 0 aliphatic carbocycles. The zero-order valence-corrected chi connectivity index (χ0v) is 12.5. The predicted octanol–water partition coefficient (Wildman–Crippen LogP) is -0.204. The number of nitrogens with one attached hydrogen (secondary N) is 1. The van der Waals surface area contributed by atoms with Gasteiger partial charge < -0.3 is 30.9 Å². The van der Waals surface area contributed by atoms with Crippen LogP contribution >= 0.6 is 11.3 Å². The lowest BCUT2D eigenvalue weighted by Gasteiger charge is -2.16. The summed E-state index contributed by atoms with van der Waals surface area (Å²) in [5.74, 6) is 0.0901. The first-order valence-corrected chi connectivity index (χ1v) is 7.27. The third-order valence-corrected chi connectivity index (χ3v) is 4.49. The summed E-state index contributed by atoms with van der Waals surface area (Å²) >= 11 is 1.18. The average molecular weight is 313 g/mol. The number of anilines is 2. The number of nitrogens with two attached hydrogens (primary N) is 1. The number of β-amino-alcohol motifs (C(OH)–C–C–N with tert-alkyl or cyclic N) is 2. The third-order valence-electron chi connectivity index (χ3n) is 3.25. The second-order valence-electron chi connectivity index (χ2n) is 4.72. The molecule has 1 aromatic heterocycles. The SMILES string of the molecule is C=CCNC(=O)c1sc(N2CC(O)C(O)C2)c(OC)c1N. The second-order valence-corrected chi connectivity index (χ2v) is 5.72.